The van der Waals surface area contributed by atoms with Crippen molar-refractivity contribution < 1.29 is 4.42 Å². The average molecular weight is 334 g/mol. The summed E-state index contributed by atoms with van der Waals surface area (Å²) in [6.45, 7) is 5.03. The highest BCUT2D eigenvalue weighted by molar-refractivity contribution is 6.33. The molecule has 23 heavy (non-hydrogen) atoms. The van der Waals surface area contributed by atoms with Crippen LogP contribution in [0.3, 0.4) is 0 Å². The second-order valence-corrected chi connectivity index (χ2v) is 6.90. The first-order chi connectivity index (χ1) is 11.0. The van der Waals surface area contributed by atoms with E-state index in [4.69, 9.17) is 21.0 Å². The van der Waals surface area contributed by atoms with E-state index in [1.165, 1.54) is 12.8 Å². The number of oxazole rings is 1. The SMILES string of the molecule is Cc1oc(-c2ccccc2Cl)nc1CN1CCC[C@@H](N(C)C)C1. The van der Waals surface area contributed by atoms with Gasteiger partial charge in [0.1, 0.15) is 5.76 Å². The molecule has 0 N–H and O–H groups in total. The highest BCUT2D eigenvalue weighted by Crippen LogP contribution is 2.29. The summed E-state index contributed by atoms with van der Waals surface area (Å²) in [5.74, 6) is 1.50. The maximum Gasteiger partial charge on any atom is 0.228 e. The van der Waals surface area contributed by atoms with Crippen LogP contribution in [0.25, 0.3) is 11.5 Å². The zero-order valence-electron chi connectivity index (χ0n) is 14.1. The Morgan fingerprint density at radius 2 is 2.13 bits per heavy atom. The highest BCUT2D eigenvalue weighted by atomic mass is 35.5. The lowest BCUT2D eigenvalue weighted by atomic mass is 10.0. The maximum absolute atomic E-state index is 6.25. The number of rotatable bonds is 4. The fourth-order valence-corrected chi connectivity index (χ4v) is 3.35. The van der Waals surface area contributed by atoms with E-state index in [1.54, 1.807) is 0 Å². The van der Waals surface area contributed by atoms with Gasteiger partial charge in [0.15, 0.2) is 0 Å². The number of likely N-dealkylation sites (N-methyl/N-ethyl adjacent to an activating group) is 1. The van der Waals surface area contributed by atoms with Gasteiger partial charge in [-0.15, -0.1) is 0 Å². The molecule has 1 fully saturated rings. The van der Waals surface area contributed by atoms with Crippen molar-refractivity contribution in [1.82, 2.24) is 14.8 Å². The van der Waals surface area contributed by atoms with E-state index in [2.05, 4.69) is 23.9 Å². The fourth-order valence-electron chi connectivity index (χ4n) is 3.13. The molecule has 1 aliphatic heterocycles. The highest BCUT2D eigenvalue weighted by Gasteiger charge is 2.23. The van der Waals surface area contributed by atoms with Gasteiger partial charge in [0.25, 0.3) is 0 Å². The number of hydrogen-bond donors (Lipinski definition) is 0. The first-order valence-electron chi connectivity index (χ1n) is 8.14. The lowest BCUT2D eigenvalue weighted by Gasteiger charge is -2.35. The molecule has 3 rings (SSSR count). The largest absolute Gasteiger partial charge is 0.441 e. The number of halogens is 1. The van der Waals surface area contributed by atoms with Crippen LogP contribution in [0.2, 0.25) is 5.02 Å². The van der Waals surface area contributed by atoms with Crippen LogP contribution < -0.4 is 0 Å². The van der Waals surface area contributed by atoms with Gasteiger partial charge in [-0.05, 0) is 52.5 Å². The fraction of sp³-hybridized carbons (Fsp3) is 0.500. The molecule has 0 spiro atoms. The van der Waals surface area contributed by atoms with Crippen molar-refractivity contribution in [3.05, 3.63) is 40.7 Å². The van der Waals surface area contributed by atoms with E-state index in [0.29, 0.717) is 17.0 Å². The minimum Gasteiger partial charge on any atom is -0.441 e. The molecule has 4 nitrogen and oxygen atoms in total. The van der Waals surface area contributed by atoms with E-state index in [1.807, 2.05) is 31.2 Å². The molecule has 0 aliphatic carbocycles. The number of nitrogens with zero attached hydrogens (tertiary/aromatic N) is 3. The smallest absolute Gasteiger partial charge is 0.228 e. The van der Waals surface area contributed by atoms with Gasteiger partial charge < -0.3 is 9.32 Å². The third-order valence-electron chi connectivity index (χ3n) is 4.58. The predicted octanol–water partition coefficient (Wildman–Crippen LogP) is 3.83. The molecule has 2 heterocycles. The van der Waals surface area contributed by atoms with Crippen molar-refractivity contribution in [3.8, 4) is 11.5 Å². The molecule has 0 bridgehead atoms. The zero-order chi connectivity index (χ0) is 16.4. The van der Waals surface area contributed by atoms with Crippen molar-refractivity contribution in [2.45, 2.75) is 32.4 Å². The van der Waals surface area contributed by atoms with Gasteiger partial charge in [-0.2, -0.15) is 0 Å². The standard InChI is InChI=1S/C18H24ClN3O/c1-13-17(12-22-10-6-7-14(11-22)21(2)3)20-18(23-13)15-8-4-5-9-16(15)19/h4-5,8-9,14H,6-7,10-12H2,1-3H3/t14-/m1/s1. The van der Waals surface area contributed by atoms with Gasteiger partial charge in [0, 0.05) is 19.1 Å². The number of piperidine rings is 1. The Balaban J connectivity index is 1.75. The molecule has 0 radical (unpaired) electrons. The van der Waals surface area contributed by atoms with E-state index < -0.39 is 0 Å². The molecule has 124 valence electrons. The number of benzene rings is 1. The Labute approximate surface area is 143 Å². The number of hydrogen-bond acceptors (Lipinski definition) is 4. The summed E-state index contributed by atoms with van der Waals surface area (Å²) in [6.07, 6.45) is 2.50. The number of likely N-dealkylation sites (tertiary alicyclic amines) is 1. The second-order valence-electron chi connectivity index (χ2n) is 6.50. The van der Waals surface area contributed by atoms with Crippen LogP contribution in [0.5, 0.6) is 0 Å². The third-order valence-corrected chi connectivity index (χ3v) is 4.91. The van der Waals surface area contributed by atoms with Gasteiger partial charge in [-0.3, -0.25) is 4.90 Å². The maximum atomic E-state index is 6.25. The zero-order valence-corrected chi connectivity index (χ0v) is 14.8. The minimum absolute atomic E-state index is 0.615. The lowest BCUT2D eigenvalue weighted by molar-refractivity contribution is 0.126. The van der Waals surface area contributed by atoms with E-state index in [9.17, 15) is 0 Å². The summed E-state index contributed by atoms with van der Waals surface area (Å²) in [4.78, 5) is 9.48. The van der Waals surface area contributed by atoms with E-state index >= 15 is 0 Å². The first kappa shape index (κ1) is 16.5. The van der Waals surface area contributed by atoms with Crippen molar-refractivity contribution in [2.24, 2.45) is 0 Å². The average Bonchev–Trinajstić information content (AvgIpc) is 2.89. The Kier molecular flexibility index (Phi) is 5.05. The van der Waals surface area contributed by atoms with E-state index in [0.717, 1.165) is 36.7 Å². The minimum atomic E-state index is 0.615. The second kappa shape index (κ2) is 7.04. The summed E-state index contributed by atoms with van der Waals surface area (Å²) in [5, 5.41) is 0.672. The van der Waals surface area contributed by atoms with Crippen molar-refractivity contribution in [3.63, 3.8) is 0 Å². The van der Waals surface area contributed by atoms with Crippen LogP contribution in [0, 0.1) is 6.92 Å². The van der Waals surface area contributed by atoms with Gasteiger partial charge in [0.2, 0.25) is 5.89 Å². The van der Waals surface area contributed by atoms with Crippen LogP contribution in [0.15, 0.2) is 28.7 Å². The molecule has 0 amide bonds. The van der Waals surface area contributed by atoms with Gasteiger partial charge >= 0.3 is 0 Å². The number of aryl methyl sites for hydroxylation is 1. The Bertz CT molecular complexity index is 668. The summed E-state index contributed by atoms with van der Waals surface area (Å²) < 4.78 is 5.86. The van der Waals surface area contributed by atoms with Crippen molar-refractivity contribution >= 4 is 11.6 Å². The van der Waals surface area contributed by atoms with Gasteiger partial charge in [0.05, 0.1) is 16.3 Å². The van der Waals surface area contributed by atoms with Gasteiger partial charge in [-0.1, -0.05) is 23.7 Å². The summed E-state index contributed by atoms with van der Waals surface area (Å²) in [6, 6.07) is 8.30. The first-order valence-corrected chi connectivity index (χ1v) is 8.52. The Hall–Kier alpha value is -1.36. The lowest BCUT2D eigenvalue weighted by Crippen LogP contribution is -2.44. The molecule has 0 saturated carbocycles. The third kappa shape index (κ3) is 3.77. The summed E-state index contributed by atoms with van der Waals surface area (Å²) in [5.41, 5.74) is 1.87. The van der Waals surface area contributed by atoms with Crippen molar-refractivity contribution in [2.75, 3.05) is 27.2 Å². The molecule has 5 heteroatoms. The Morgan fingerprint density at radius 1 is 1.35 bits per heavy atom. The van der Waals surface area contributed by atoms with Crippen LogP contribution in [-0.4, -0.2) is 48.0 Å². The van der Waals surface area contributed by atoms with Crippen molar-refractivity contribution in [1.29, 1.82) is 0 Å². The molecular formula is C18H24ClN3O. The topological polar surface area (TPSA) is 32.5 Å². The van der Waals surface area contributed by atoms with Crippen LogP contribution in [0.1, 0.15) is 24.3 Å². The molecule has 1 aromatic heterocycles. The molecular weight excluding hydrogens is 310 g/mol. The molecule has 1 aliphatic rings. The molecule has 1 aromatic carbocycles. The number of aromatic nitrogens is 1. The molecule has 1 saturated heterocycles. The van der Waals surface area contributed by atoms with Crippen LogP contribution >= 0.6 is 11.6 Å². The summed E-state index contributed by atoms with van der Waals surface area (Å²) >= 11 is 6.25. The monoisotopic (exact) mass is 333 g/mol. The van der Waals surface area contributed by atoms with Crippen LogP contribution in [0.4, 0.5) is 0 Å². The molecule has 2 aromatic rings. The quantitative estimate of drug-likeness (QED) is 0.851. The molecule has 0 unspecified atom stereocenters. The Morgan fingerprint density at radius 3 is 2.87 bits per heavy atom. The summed E-state index contributed by atoms with van der Waals surface area (Å²) in [7, 11) is 4.32. The molecule has 1 atom stereocenters. The van der Waals surface area contributed by atoms with E-state index in [-0.39, 0.29) is 0 Å². The predicted molar refractivity (Wildman–Crippen MR) is 93.7 cm³/mol. The van der Waals surface area contributed by atoms with Crippen LogP contribution in [-0.2, 0) is 6.54 Å². The normalized spacial score (nSPS) is 19.4. The van der Waals surface area contributed by atoms with Gasteiger partial charge in [-0.25, -0.2) is 4.98 Å².